The molecule has 2 heterocycles. The number of carbonyl (C=O) groups is 1. The molecule has 2 N–H and O–H groups in total. The van der Waals surface area contributed by atoms with Crippen LogP contribution in [0.2, 0.25) is 5.02 Å². The first-order valence-corrected chi connectivity index (χ1v) is 9.73. The lowest BCUT2D eigenvalue weighted by molar-refractivity contribution is 0.0951. The standard InChI is InChI=1S/C19H13ClN4O2S2/c1-10-5-6-13-17(24-28-23-13)16(10)21-19(27)22-18(25)15-8-7-14(26-15)11-3-2-4-12(20)9-11/h2-9H,1H3,(H2,21,22,25,27). The quantitative estimate of drug-likeness (QED) is 0.445. The number of amides is 1. The molecule has 4 rings (SSSR count). The van der Waals surface area contributed by atoms with E-state index in [1.807, 2.05) is 31.2 Å². The third-order valence-corrected chi connectivity index (χ3v) is 5.02. The zero-order valence-electron chi connectivity index (χ0n) is 14.5. The van der Waals surface area contributed by atoms with Crippen LogP contribution in [-0.2, 0) is 0 Å². The van der Waals surface area contributed by atoms with E-state index in [0.717, 1.165) is 34.1 Å². The molecule has 0 spiro atoms. The fraction of sp³-hybridized carbons (Fsp3) is 0.0526. The van der Waals surface area contributed by atoms with Crippen molar-refractivity contribution < 1.29 is 9.21 Å². The Balaban J connectivity index is 1.49. The molecular weight excluding hydrogens is 416 g/mol. The lowest BCUT2D eigenvalue weighted by Gasteiger charge is -2.11. The molecule has 0 aliphatic heterocycles. The summed E-state index contributed by atoms with van der Waals surface area (Å²) in [6, 6.07) is 14.3. The molecule has 0 saturated carbocycles. The van der Waals surface area contributed by atoms with E-state index in [2.05, 4.69) is 19.4 Å². The first-order valence-electron chi connectivity index (χ1n) is 8.21. The SMILES string of the molecule is Cc1ccc2nsnc2c1NC(=S)NC(=O)c1ccc(-c2cccc(Cl)c2)o1. The zero-order chi connectivity index (χ0) is 19.7. The van der Waals surface area contributed by atoms with Crippen LogP contribution in [0.5, 0.6) is 0 Å². The second-order valence-electron chi connectivity index (χ2n) is 5.97. The average Bonchev–Trinajstić information content (AvgIpc) is 3.33. The summed E-state index contributed by atoms with van der Waals surface area (Å²) in [7, 11) is 0. The number of carbonyl (C=O) groups excluding carboxylic acids is 1. The Morgan fingerprint density at radius 1 is 1.18 bits per heavy atom. The van der Waals surface area contributed by atoms with Crippen molar-refractivity contribution in [3.05, 3.63) is 64.9 Å². The number of aryl methyl sites for hydroxylation is 1. The van der Waals surface area contributed by atoms with Crippen LogP contribution >= 0.6 is 35.5 Å². The second kappa shape index (κ2) is 7.67. The Bertz CT molecular complexity index is 1200. The summed E-state index contributed by atoms with van der Waals surface area (Å²) >= 11 is 12.4. The molecule has 2 aromatic heterocycles. The number of hydrogen-bond donors (Lipinski definition) is 2. The zero-order valence-corrected chi connectivity index (χ0v) is 16.9. The van der Waals surface area contributed by atoms with Crippen molar-refractivity contribution in [3.63, 3.8) is 0 Å². The number of nitrogens with zero attached hydrogens (tertiary/aromatic N) is 2. The summed E-state index contributed by atoms with van der Waals surface area (Å²) in [6.07, 6.45) is 0. The maximum absolute atomic E-state index is 12.5. The maximum Gasteiger partial charge on any atom is 0.293 e. The highest BCUT2D eigenvalue weighted by molar-refractivity contribution is 7.80. The van der Waals surface area contributed by atoms with E-state index in [1.54, 1.807) is 24.3 Å². The Morgan fingerprint density at radius 3 is 2.86 bits per heavy atom. The van der Waals surface area contributed by atoms with Crippen LogP contribution in [0, 0.1) is 6.92 Å². The predicted octanol–water partition coefficient (Wildman–Crippen LogP) is 5.04. The van der Waals surface area contributed by atoms with Gasteiger partial charge in [0.05, 0.1) is 17.4 Å². The molecule has 2 aromatic carbocycles. The van der Waals surface area contributed by atoms with E-state index in [0.29, 0.717) is 16.3 Å². The summed E-state index contributed by atoms with van der Waals surface area (Å²) in [5.41, 5.74) is 3.92. The van der Waals surface area contributed by atoms with Gasteiger partial charge in [0.2, 0.25) is 0 Å². The molecule has 0 unspecified atom stereocenters. The Labute approximate surface area is 174 Å². The molecular formula is C19H13ClN4O2S2. The number of thiocarbonyl (C=S) groups is 1. The molecule has 0 radical (unpaired) electrons. The van der Waals surface area contributed by atoms with Crippen molar-refractivity contribution in [2.45, 2.75) is 6.92 Å². The third kappa shape index (κ3) is 3.75. The van der Waals surface area contributed by atoms with Crippen LogP contribution in [0.15, 0.2) is 52.9 Å². The highest BCUT2D eigenvalue weighted by Gasteiger charge is 2.16. The van der Waals surface area contributed by atoms with Crippen LogP contribution in [0.1, 0.15) is 16.1 Å². The Morgan fingerprint density at radius 2 is 2.04 bits per heavy atom. The van der Waals surface area contributed by atoms with Gasteiger partial charge in [0.15, 0.2) is 10.9 Å². The van der Waals surface area contributed by atoms with E-state index in [4.69, 9.17) is 28.2 Å². The molecule has 0 fully saturated rings. The van der Waals surface area contributed by atoms with Gasteiger partial charge in [-0.05, 0) is 55.0 Å². The van der Waals surface area contributed by atoms with E-state index < -0.39 is 5.91 Å². The fourth-order valence-electron chi connectivity index (χ4n) is 2.68. The summed E-state index contributed by atoms with van der Waals surface area (Å²) in [5.74, 6) is 0.233. The minimum absolute atomic E-state index is 0.143. The van der Waals surface area contributed by atoms with Crippen molar-refractivity contribution in [2.75, 3.05) is 5.32 Å². The first-order chi connectivity index (χ1) is 13.5. The van der Waals surface area contributed by atoms with Crippen LogP contribution in [0.4, 0.5) is 5.69 Å². The predicted molar refractivity (Wildman–Crippen MR) is 115 cm³/mol. The van der Waals surface area contributed by atoms with Crippen LogP contribution in [-0.4, -0.2) is 19.8 Å². The molecule has 0 atom stereocenters. The number of aromatic nitrogens is 2. The lowest BCUT2D eigenvalue weighted by Crippen LogP contribution is -2.34. The van der Waals surface area contributed by atoms with Crippen molar-refractivity contribution >= 4 is 63.3 Å². The van der Waals surface area contributed by atoms with Gasteiger partial charge in [0.1, 0.15) is 16.8 Å². The molecule has 0 bridgehead atoms. The second-order valence-corrected chi connectivity index (χ2v) is 7.35. The summed E-state index contributed by atoms with van der Waals surface area (Å²) < 4.78 is 14.1. The molecule has 28 heavy (non-hydrogen) atoms. The number of furan rings is 1. The summed E-state index contributed by atoms with van der Waals surface area (Å²) in [5, 5.41) is 6.39. The molecule has 0 aliphatic rings. The number of anilines is 1. The smallest absolute Gasteiger partial charge is 0.293 e. The number of hydrogen-bond acceptors (Lipinski definition) is 6. The van der Waals surface area contributed by atoms with Gasteiger partial charge in [-0.1, -0.05) is 29.8 Å². The first kappa shape index (κ1) is 18.5. The normalized spacial score (nSPS) is 10.8. The highest BCUT2D eigenvalue weighted by atomic mass is 35.5. The number of nitrogens with one attached hydrogen (secondary N) is 2. The summed E-state index contributed by atoms with van der Waals surface area (Å²) in [6.45, 7) is 1.93. The Hall–Kier alpha value is -2.81. The third-order valence-electron chi connectivity index (χ3n) is 4.04. The van der Waals surface area contributed by atoms with Gasteiger partial charge in [-0.3, -0.25) is 10.1 Å². The van der Waals surface area contributed by atoms with Gasteiger partial charge < -0.3 is 9.73 Å². The van der Waals surface area contributed by atoms with Crippen molar-refractivity contribution in [3.8, 4) is 11.3 Å². The highest BCUT2D eigenvalue weighted by Crippen LogP contribution is 2.26. The largest absolute Gasteiger partial charge is 0.451 e. The minimum Gasteiger partial charge on any atom is -0.451 e. The van der Waals surface area contributed by atoms with Gasteiger partial charge in [-0.2, -0.15) is 8.75 Å². The number of fused-ring (bicyclic) bond motifs is 1. The summed E-state index contributed by atoms with van der Waals surface area (Å²) in [4.78, 5) is 12.5. The van der Waals surface area contributed by atoms with Crippen molar-refractivity contribution in [1.82, 2.24) is 14.1 Å². The van der Waals surface area contributed by atoms with E-state index in [-0.39, 0.29) is 10.9 Å². The van der Waals surface area contributed by atoms with Crippen LogP contribution in [0.25, 0.3) is 22.4 Å². The molecule has 6 nitrogen and oxygen atoms in total. The number of halogens is 1. The number of benzene rings is 2. The Kier molecular flexibility index (Phi) is 5.08. The van der Waals surface area contributed by atoms with Gasteiger partial charge in [-0.25, -0.2) is 0 Å². The monoisotopic (exact) mass is 428 g/mol. The van der Waals surface area contributed by atoms with Crippen LogP contribution < -0.4 is 10.6 Å². The minimum atomic E-state index is -0.452. The van der Waals surface area contributed by atoms with Crippen molar-refractivity contribution in [1.29, 1.82) is 0 Å². The van der Waals surface area contributed by atoms with E-state index >= 15 is 0 Å². The van der Waals surface area contributed by atoms with E-state index in [1.165, 1.54) is 0 Å². The van der Waals surface area contributed by atoms with Gasteiger partial charge in [0.25, 0.3) is 5.91 Å². The molecule has 0 saturated heterocycles. The molecule has 1 amide bonds. The topological polar surface area (TPSA) is 80.0 Å². The molecule has 4 aromatic rings. The maximum atomic E-state index is 12.5. The van der Waals surface area contributed by atoms with Gasteiger partial charge >= 0.3 is 0 Å². The fourth-order valence-corrected chi connectivity index (χ4v) is 3.60. The molecule has 9 heteroatoms. The van der Waals surface area contributed by atoms with Crippen LogP contribution in [0.3, 0.4) is 0 Å². The van der Waals surface area contributed by atoms with Gasteiger partial charge in [0, 0.05) is 10.6 Å². The lowest BCUT2D eigenvalue weighted by atomic mass is 10.1. The molecule has 140 valence electrons. The van der Waals surface area contributed by atoms with Crippen molar-refractivity contribution in [2.24, 2.45) is 0 Å². The van der Waals surface area contributed by atoms with Gasteiger partial charge in [-0.15, -0.1) is 0 Å². The van der Waals surface area contributed by atoms with E-state index in [9.17, 15) is 4.79 Å². The average molecular weight is 429 g/mol. The number of rotatable bonds is 3. The molecule has 0 aliphatic carbocycles.